The second-order valence-electron chi connectivity index (χ2n) is 0. The molecule has 0 spiro atoms. The zero-order chi connectivity index (χ0) is 12.0. The van der Waals surface area contributed by atoms with Crippen LogP contribution in [0.2, 0.25) is 0 Å². The molecule has 0 unspecified atom stereocenters. The zero-order valence-corrected chi connectivity index (χ0v) is 13.0. The van der Waals surface area contributed by atoms with Crippen LogP contribution in [0.4, 0.5) is 0 Å². The summed E-state index contributed by atoms with van der Waals surface area (Å²) < 4.78 is 0. The first-order valence-electron chi connectivity index (χ1n) is 1.30. The van der Waals surface area contributed by atoms with Gasteiger partial charge in [0.2, 0.25) is 0 Å². The number of rotatable bonds is 0. The molecule has 7 nitrogen and oxygen atoms in total. The van der Waals surface area contributed by atoms with E-state index >= 15 is 0 Å². The average Bonchev–Trinajstić information content (AvgIpc) is 2.33. The molecule has 0 aliphatic carbocycles. The number of nitrogens with zero attached hydrogens (tertiary/aromatic N) is 6. The molecule has 0 amide bonds. The summed E-state index contributed by atoms with van der Waals surface area (Å²) in [5, 5.41) is 31.2. The smallest absolute Gasteiger partial charge is 0.512 e. The van der Waals surface area contributed by atoms with Gasteiger partial charge in [-0.2, -0.15) is 0 Å². The van der Waals surface area contributed by atoms with Crippen molar-refractivity contribution in [3.63, 3.8) is 0 Å². The molecule has 15 heavy (non-hydrogen) atoms. The van der Waals surface area contributed by atoms with Crippen molar-refractivity contribution in [1.82, 2.24) is 5.59 Å². The fourth-order valence-corrected chi connectivity index (χ4v) is 0. The van der Waals surface area contributed by atoms with E-state index in [9.17, 15) is 0 Å². The molecule has 0 aromatic heterocycles. The minimum atomic E-state index is 0. The quantitative estimate of drug-likeness (QED) is 0.312. The predicted molar refractivity (Wildman–Crippen MR) is 30.3 cm³/mol. The molecule has 66 valence electrons. The van der Waals surface area contributed by atoms with Crippen LogP contribution in [0.1, 0.15) is 0 Å². The van der Waals surface area contributed by atoms with Crippen LogP contribution in [0.3, 0.4) is 0 Å². The van der Waals surface area contributed by atoms with Gasteiger partial charge in [0.05, 0.1) is 0 Å². The Hall–Kier alpha value is -0.431. The molecule has 2 radical (unpaired) electrons. The summed E-state index contributed by atoms with van der Waals surface area (Å²) in [5.41, 5.74) is 5.75. The molecule has 0 heterocycles. The third-order valence-electron chi connectivity index (χ3n) is 0. The van der Waals surface area contributed by atoms with E-state index in [1.54, 1.807) is 0 Å². The van der Waals surface area contributed by atoms with Gasteiger partial charge in [-0.3, -0.25) is 0 Å². The van der Waals surface area contributed by atoms with Crippen molar-refractivity contribution in [1.29, 1.82) is 26.3 Å². The number of hydrogen-bond acceptors (Lipinski definition) is 6. The SMILES string of the molecule is [C-]#N.[C-]#N.[C-]#N.[C-]#N.[C-]#N.[Fe+3].[N]=O.[Na+].[Na+]. The van der Waals surface area contributed by atoms with E-state index in [4.69, 9.17) is 69.7 Å². The van der Waals surface area contributed by atoms with Gasteiger partial charge < -0.3 is 59.2 Å². The van der Waals surface area contributed by atoms with Crippen LogP contribution in [-0.2, 0) is 17.1 Å². The Labute approximate surface area is 144 Å². The van der Waals surface area contributed by atoms with Crippen molar-refractivity contribution >= 4 is 0 Å². The fraction of sp³-hybridized carbons (Fsp3) is 0. The summed E-state index contributed by atoms with van der Waals surface area (Å²) in [6.07, 6.45) is 0. The summed E-state index contributed by atoms with van der Waals surface area (Å²) >= 11 is 0. The largest absolute Gasteiger partial charge is 3.00 e. The summed E-state index contributed by atoms with van der Waals surface area (Å²) in [6, 6.07) is 0. The van der Waals surface area contributed by atoms with E-state index in [-0.39, 0.29) is 76.2 Å². The summed E-state index contributed by atoms with van der Waals surface area (Å²) in [6.45, 7) is 23.8. The normalized spacial score (nSPS) is 0.933. The van der Waals surface area contributed by atoms with E-state index < -0.39 is 0 Å². The molecule has 0 saturated carbocycles. The summed E-state index contributed by atoms with van der Waals surface area (Å²) in [5.74, 6) is 0. The molecular formula is C5FeN6Na2O. The van der Waals surface area contributed by atoms with Crippen molar-refractivity contribution in [3.8, 4) is 0 Å². The summed E-state index contributed by atoms with van der Waals surface area (Å²) in [4.78, 5) is 7.25. The maximum absolute atomic E-state index is 7.25. The second kappa shape index (κ2) is 11600. The van der Waals surface area contributed by atoms with E-state index in [1.165, 1.54) is 0 Å². The third kappa shape index (κ3) is 9800. The molecule has 10 heteroatoms. The minimum Gasteiger partial charge on any atom is -0.512 e. The number of hydrogen-bond donors (Lipinski definition) is 0. The van der Waals surface area contributed by atoms with Gasteiger partial charge in [0, 0.05) is 0 Å². The fourth-order valence-electron chi connectivity index (χ4n) is 0. The Morgan fingerprint density at radius 3 is 0.467 bits per heavy atom. The molecule has 0 N–H and O–H groups in total. The maximum Gasteiger partial charge on any atom is 3.00 e. The Bertz CT molecular complexity index is 98.9. The first-order chi connectivity index (χ1) is 6.00. The molecule has 0 aromatic carbocycles. The molecule has 0 aliphatic heterocycles. The first kappa shape index (κ1) is 86.5. The Morgan fingerprint density at radius 1 is 0.467 bits per heavy atom. The van der Waals surface area contributed by atoms with Crippen molar-refractivity contribution in [3.05, 3.63) is 37.8 Å². The van der Waals surface area contributed by atoms with Gasteiger partial charge in [0.25, 0.3) is 0 Å². The van der Waals surface area contributed by atoms with Gasteiger partial charge >= 0.3 is 76.2 Å². The van der Waals surface area contributed by atoms with Crippen LogP contribution in [0, 0.1) is 64.1 Å². The van der Waals surface area contributed by atoms with Gasteiger partial charge in [-0.1, -0.05) is 0 Å². The van der Waals surface area contributed by atoms with Crippen molar-refractivity contribution < 1.29 is 76.2 Å². The molecule has 0 aromatic rings. The van der Waals surface area contributed by atoms with Gasteiger partial charge in [-0.05, 0) is 0 Å². The first-order valence-corrected chi connectivity index (χ1v) is 1.30. The standard InChI is InChI=1S/5CN.Fe.NO.2Na/c5*1-2;;1-2;;/q5*-1;+3;;2*+1. The van der Waals surface area contributed by atoms with Gasteiger partial charge in [0.15, 0.2) is 0 Å². The number of nitroso groups, excluding NO2 is 1. The molecule has 0 saturated heterocycles. The van der Waals surface area contributed by atoms with Gasteiger partial charge in [0.1, 0.15) is 5.59 Å². The van der Waals surface area contributed by atoms with Crippen LogP contribution >= 0.6 is 0 Å². The minimum absolute atomic E-state index is 0. The van der Waals surface area contributed by atoms with Crippen LogP contribution < -0.4 is 64.7 Å². The van der Waals surface area contributed by atoms with Crippen molar-refractivity contribution in [2.45, 2.75) is 0 Å². The molecule has 0 bridgehead atoms. The Morgan fingerprint density at radius 2 is 0.467 bits per heavy atom. The van der Waals surface area contributed by atoms with E-state index in [0.717, 1.165) is 0 Å². The van der Waals surface area contributed by atoms with Gasteiger partial charge in [-0.25, -0.2) is 0 Å². The Balaban J connectivity index is -0.00000000396. The van der Waals surface area contributed by atoms with Crippen LogP contribution in [0.5, 0.6) is 0 Å². The second-order valence-corrected chi connectivity index (χ2v) is 0. The monoisotopic (exact) mass is 262 g/mol. The molecule has 0 rings (SSSR count). The predicted octanol–water partition coefficient (Wildman–Crippen LogP) is -5.96. The zero-order valence-electron chi connectivity index (χ0n) is 7.95. The van der Waals surface area contributed by atoms with E-state index in [0.29, 0.717) is 0 Å². The molecule has 0 aliphatic rings. The molecular weight excluding hydrogens is 262 g/mol. The van der Waals surface area contributed by atoms with Gasteiger partial charge in [-0.15, -0.1) is 4.91 Å². The van der Waals surface area contributed by atoms with Crippen LogP contribution in [0.15, 0.2) is 0 Å². The van der Waals surface area contributed by atoms with E-state index in [1.807, 2.05) is 0 Å². The molecule has 0 atom stereocenters. The van der Waals surface area contributed by atoms with Crippen molar-refractivity contribution in [2.75, 3.05) is 0 Å². The van der Waals surface area contributed by atoms with Crippen molar-refractivity contribution in [2.24, 2.45) is 0 Å². The topological polar surface area (TPSA) is 158 Å². The van der Waals surface area contributed by atoms with Crippen LogP contribution in [-0.4, -0.2) is 0 Å². The molecule has 0 fully saturated rings. The van der Waals surface area contributed by atoms with Crippen LogP contribution in [0.25, 0.3) is 0 Å². The average molecular weight is 262 g/mol. The van der Waals surface area contributed by atoms with E-state index in [2.05, 4.69) is 0 Å². The third-order valence-corrected chi connectivity index (χ3v) is 0. The maximum atomic E-state index is 7.25. The Kier molecular flexibility index (Phi) is 66700. The summed E-state index contributed by atoms with van der Waals surface area (Å²) in [7, 11) is 0.